The van der Waals surface area contributed by atoms with Crippen LogP contribution in [0, 0.1) is 5.92 Å². The molecule has 4 heteroatoms. The molecule has 3 atom stereocenters. The molecule has 2 aromatic carbocycles. The van der Waals surface area contributed by atoms with Crippen molar-refractivity contribution in [3.63, 3.8) is 0 Å². The van der Waals surface area contributed by atoms with Crippen molar-refractivity contribution in [3.05, 3.63) is 70.6 Å². The lowest BCUT2D eigenvalue weighted by Crippen LogP contribution is -1.93. The Morgan fingerprint density at radius 2 is 1.83 bits per heavy atom. The Morgan fingerprint density at radius 1 is 1.12 bits per heavy atom. The van der Waals surface area contributed by atoms with E-state index in [0.29, 0.717) is 11.7 Å². The highest BCUT2D eigenvalue weighted by Crippen LogP contribution is 2.62. The van der Waals surface area contributed by atoms with E-state index in [1.54, 1.807) is 0 Å². The summed E-state index contributed by atoms with van der Waals surface area (Å²) in [6.07, 6.45) is 3.32. The van der Waals surface area contributed by atoms with Crippen molar-refractivity contribution < 1.29 is 5.11 Å². The summed E-state index contributed by atoms with van der Waals surface area (Å²) in [5.74, 6) is 1.88. The van der Waals surface area contributed by atoms with E-state index in [1.165, 1.54) is 16.7 Å². The molecule has 24 heavy (non-hydrogen) atoms. The molecule has 0 saturated heterocycles. The fourth-order valence-corrected chi connectivity index (χ4v) is 4.61. The van der Waals surface area contributed by atoms with E-state index in [-0.39, 0.29) is 12.4 Å². The molecule has 0 aliphatic heterocycles. The molecular weight excluding hydrogens is 338 g/mol. The van der Waals surface area contributed by atoms with E-state index in [9.17, 15) is 5.11 Å². The standard InChI is InChI=1S/C18H16OS.C2H7N.ClH/c19-14-6-7-15-13(10-14)11-16-17(15)18(16)20-9-8-12-4-2-1-3-5-12;1-3-2;/h1-10,16-19H,11H2;3H,1-2H3;1H. The number of rotatable bonds is 3. The van der Waals surface area contributed by atoms with Crippen LogP contribution in [0.3, 0.4) is 0 Å². The molecule has 0 heterocycles. The molecule has 1 fully saturated rings. The van der Waals surface area contributed by atoms with E-state index < -0.39 is 0 Å². The fourth-order valence-electron chi connectivity index (χ4n) is 3.30. The van der Waals surface area contributed by atoms with Crippen molar-refractivity contribution >= 4 is 30.2 Å². The highest BCUT2D eigenvalue weighted by molar-refractivity contribution is 8.03. The Kier molecular flexibility index (Phi) is 6.79. The summed E-state index contributed by atoms with van der Waals surface area (Å²) in [6, 6.07) is 16.3. The summed E-state index contributed by atoms with van der Waals surface area (Å²) < 4.78 is 0. The van der Waals surface area contributed by atoms with Gasteiger partial charge in [0.05, 0.1) is 0 Å². The highest BCUT2D eigenvalue weighted by Gasteiger charge is 2.55. The minimum Gasteiger partial charge on any atom is -0.508 e. The quantitative estimate of drug-likeness (QED) is 0.831. The van der Waals surface area contributed by atoms with Gasteiger partial charge >= 0.3 is 0 Å². The largest absolute Gasteiger partial charge is 0.508 e. The third-order valence-electron chi connectivity index (χ3n) is 4.33. The monoisotopic (exact) mass is 361 g/mol. The maximum Gasteiger partial charge on any atom is 0.115 e. The van der Waals surface area contributed by atoms with E-state index in [4.69, 9.17) is 0 Å². The van der Waals surface area contributed by atoms with Gasteiger partial charge in [-0.3, -0.25) is 0 Å². The van der Waals surface area contributed by atoms with Gasteiger partial charge in [-0.2, -0.15) is 0 Å². The molecule has 0 bridgehead atoms. The zero-order valence-electron chi connectivity index (χ0n) is 14.0. The fraction of sp³-hybridized carbons (Fsp3) is 0.300. The number of aromatic hydroxyl groups is 1. The molecule has 2 nitrogen and oxygen atoms in total. The summed E-state index contributed by atoms with van der Waals surface area (Å²) >= 11 is 1.95. The number of fused-ring (bicyclic) bond motifs is 3. The number of phenolic OH excluding ortho intramolecular Hbond substituents is 1. The first-order valence-corrected chi connectivity index (χ1v) is 8.96. The van der Waals surface area contributed by atoms with Crippen LogP contribution in [0.15, 0.2) is 53.9 Å². The Morgan fingerprint density at radius 3 is 2.54 bits per heavy atom. The number of hydrogen-bond donors (Lipinski definition) is 2. The van der Waals surface area contributed by atoms with Crippen LogP contribution in [-0.2, 0) is 6.42 Å². The molecule has 4 rings (SSSR count). The number of thioether (sulfide) groups is 1. The van der Waals surface area contributed by atoms with Gasteiger partial charge in [0.25, 0.3) is 0 Å². The molecule has 128 valence electrons. The summed E-state index contributed by atoms with van der Waals surface area (Å²) in [5, 5.41) is 15.2. The van der Waals surface area contributed by atoms with Crippen LogP contribution >= 0.6 is 24.2 Å². The third-order valence-corrected chi connectivity index (χ3v) is 5.58. The zero-order valence-corrected chi connectivity index (χ0v) is 15.6. The Labute approximate surface area is 154 Å². The van der Waals surface area contributed by atoms with Gasteiger partial charge in [0.15, 0.2) is 0 Å². The average molecular weight is 362 g/mol. The molecular formula is C20H24ClNOS. The van der Waals surface area contributed by atoms with Crippen LogP contribution in [0.25, 0.3) is 6.08 Å². The van der Waals surface area contributed by atoms with Gasteiger partial charge in [-0.25, -0.2) is 0 Å². The van der Waals surface area contributed by atoms with E-state index >= 15 is 0 Å². The van der Waals surface area contributed by atoms with Gasteiger partial charge in [0.1, 0.15) is 5.75 Å². The van der Waals surface area contributed by atoms with Gasteiger partial charge in [-0.05, 0) is 66.7 Å². The first-order chi connectivity index (χ1) is 11.2. The second kappa shape index (κ2) is 8.61. The predicted molar refractivity (Wildman–Crippen MR) is 107 cm³/mol. The molecule has 3 unspecified atom stereocenters. The zero-order chi connectivity index (χ0) is 16.2. The van der Waals surface area contributed by atoms with Crippen LogP contribution in [0.2, 0.25) is 0 Å². The van der Waals surface area contributed by atoms with Crippen LogP contribution in [-0.4, -0.2) is 24.5 Å². The van der Waals surface area contributed by atoms with E-state index in [1.807, 2.05) is 44.1 Å². The Hall–Kier alpha value is -1.42. The third kappa shape index (κ3) is 4.15. The first kappa shape index (κ1) is 18.9. The van der Waals surface area contributed by atoms with Crippen LogP contribution in [0.5, 0.6) is 5.75 Å². The lowest BCUT2D eigenvalue weighted by molar-refractivity contribution is 0.474. The van der Waals surface area contributed by atoms with E-state index in [2.05, 4.69) is 47.1 Å². The average Bonchev–Trinajstić information content (AvgIpc) is 3.08. The van der Waals surface area contributed by atoms with Gasteiger partial charge in [-0.1, -0.05) is 36.4 Å². The minimum atomic E-state index is 0. The topological polar surface area (TPSA) is 32.3 Å². The number of halogens is 1. The van der Waals surface area contributed by atoms with Crippen LogP contribution < -0.4 is 5.32 Å². The van der Waals surface area contributed by atoms with Crippen LogP contribution in [0.4, 0.5) is 0 Å². The van der Waals surface area contributed by atoms with Crippen molar-refractivity contribution in [3.8, 4) is 5.75 Å². The smallest absolute Gasteiger partial charge is 0.115 e. The number of benzene rings is 2. The molecule has 0 spiro atoms. The lowest BCUT2D eigenvalue weighted by atomic mass is 10.1. The van der Waals surface area contributed by atoms with Gasteiger partial charge in [-0.15, -0.1) is 24.2 Å². The van der Waals surface area contributed by atoms with Gasteiger partial charge < -0.3 is 10.4 Å². The maximum absolute atomic E-state index is 9.51. The maximum atomic E-state index is 9.51. The molecule has 1 saturated carbocycles. The summed E-state index contributed by atoms with van der Waals surface area (Å²) in [4.78, 5) is 0. The molecule has 2 N–H and O–H groups in total. The van der Waals surface area contributed by atoms with Gasteiger partial charge in [0.2, 0.25) is 0 Å². The molecule has 0 radical (unpaired) electrons. The minimum absolute atomic E-state index is 0. The van der Waals surface area contributed by atoms with Crippen LogP contribution in [0.1, 0.15) is 22.6 Å². The second-order valence-corrected chi connectivity index (χ2v) is 7.18. The van der Waals surface area contributed by atoms with Crippen molar-refractivity contribution in [2.24, 2.45) is 5.92 Å². The molecule has 2 aliphatic rings. The molecule has 2 aliphatic carbocycles. The van der Waals surface area contributed by atoms with Gasteiger partial charge in [0, 0.05) is 11.2 Å². The van der Waals surface area contributed by atoms with E-state index in [0.717, 1.165) is 17.6 Å². The lowest BCUT2D eigenvalue weighted by Gasteiger charge is -2.06. The second-order valence-electron chi connectivity index (χ2n) is 6.09. The van der Waals surface area contributed by atoms with Crippen molar-refractivity contribution in [2.75, 3.05) is 14.1 Å². The Bertz CT molecular complexity index is 689. The van der Waals surface area contributed by atoms with Crippen molar-refractivity contribution in [1.29, 1.82) is 0 Å². The number of phenols is 1. The molecule has 0 amide bonds. The summed E-state index contributed by atoms with van der Waals surface area (Å²) in [5.41, 5.74) is 4.07. The summed E-state index contributed by atoms with van der Waals surface area (Å²) in [6.45, 7) is 0. The predicted octanol–water partition coefficient (Wildman–Crippen LogP) is 4.69. The SMILES string of the molecule is CNC.Cl.Oc1ccc2c(c1)CC1C(SC=Cc3ccccc3)C21. The Balaban J connectivity index is 0.000000487. The van der Waals surface area contributed by atoms with Crippen molar-refractivity contribution in [1.82, 2.24) is 5.32 Å². The number of hydrogen-bond acceptors (Lipinski definition) is 3. The number of nitrogens with one attached hydrogen (secondary N) is 1. The molecule has 0 aromatic heterocycles. The summed E-state index contributed by atoms with van der Waals surface area (Å²) in [7, 11) is 3.75. The molecule has 2 aromatic rings. The first-order valence-electron chi connectivity index (χ1n) is 8.02. The normalized spacial score (nSPS) is 22.8. The van der Waals surface area contributed by atoms with Crippen molar-refractivity contribution in [2.45, 2.75) is 17.6 Å². The highest BCUT2D eigenvalue weighted by atomic mass is 35.5.